The molecule has 0 radical (unpaired) electrons. The van der Waals surface area contributed by atoms with Crippen LogP contribution in [0.2, 0.25) is 0 Å². The van der Waals surface area contributed by atoms with Crippen molar-refractivity contribution in [2.24, 2.45) is 5.92 Å². The molecule has 1 aliphatic rings. The van der Waals surface area contributed by atoms with Crippen molar-refractivity contribution in [1.82, 2.24) is 9.55 Å². The van der Waals surface area contributed by atoms with Crippen molar-refractivity contribution in [3.05, 3.63) is 59.4 Å². The van der Waals surface area contributed by atoms with Crippen LogP contribution in [0.15, 0.2) is 42.5 Å². The average molecular weight is 376 g/mol. The minimum Gasteiger partial charge on any atom is -0.328 e. The normalized spacial score (nSPS) is 17.2. The van der Waals surface area contributed by atoms with Crippen molar-refractivity contribution in [3.63, 3.8) is 0 Å². The molecule has 28 heavy (non-hydrogen) atoms. The van der Waals surface area contributed by atoms with Gasteiger partial charge >= 0.3 is 0 Å². The summed E-state index contributed by atoms with van der Waals surface area (Å²) in [5, 5.41) is 0. The molecule has 4 heteroatoms. The summed E-state index contributed by atoms with van der Waals surface area (Å²) >= 11 is 0. The van der Waals surface area contributed by atoms with Crippen LogP contribution in [-0.2, 0) is 11.3 Å². The van der Waals surface area contributed by atoms with E-state index in [1.807, 2.05) is 11.0 Å². The van der Waals surface area contributed by atoms with E-state index in [1.165, 1.54) is 11.1 Å². The first-order valence-corrected chi connectivity index (χ1v) is 10.3. The van der Waals surface area contributed by atoms with E-state index in [9.17, 15) is 4.79 Å². The second-order valence-corrected chi connectivity index (χ2v) is 8.49. The third-order valence-corrected chi connectivity index (χ3v) is 5.75. The first-order chi connectivity index (χ1) is 13.4. The molecule has 4 nitrogen and oxygen atoms in total. The SMILES string of the molecule is Cc1ccc(N2CC(c3nc4ccccc4n3CCC(C)C)CC2=O)c(C)c1. The van der Waals surface area contributed by atoms with E-state index in [-0.39, 0.29) is 11.8 Å². The van der Waals surface area contributed by atoms with Crippen LogP contribution in [0, 0.1) is 19.8 Å². The molecule has 1 atom stereocenters. The van der Waals surface area contributed by atoms with Gasteiger partial charge in [0, 0.05) is 31.1 Å². The molecule has 1 fully saturated rings. The highest BCUT2D eigenvalue weighted by Gasteiger charge is 2.35. The fraction of sp³-hybridized carbons (Fsp3) is 0.417. The smallest absolute Gasteiger partial charge is 0.227 e. The molecule has 1 aromatic heterocycles. The number of imidazole rings is 1. The molecular weight excluding hydrogens is 346 g/mol. The van der Waals surface area contributed by atoms with E-state index in [0.717, 1.165) is 35.6 Å². The molecule has 1 amide bonds. The standard InChI is InChI=1S/C24H29N3O/c1-16(2)11-12-26-22-8-6-5-7-20(22)25-24(26)19-14-23(28)27(15-19)21-10-9-17(3)13-18(21)4/h5-10,13,16,19H,11-12,14-15H2,1-4H3. The predicted octanol–water partition coefficient (Wildman–Crippen LogP) is 5.22. The molecule has 1 aliphatic heterocycles. The van der Waals surface area contributed by atoms with Crippen LogP contribution in [0.3, 0.4) is 0 Å². The van der Waals surface area contributed by atoms with Gasteiger partial charge < -0.3 is 9.47 Å². The summed E-state index contributed by atoms with van der Waals surface area (Å²) in [4.78, 5) is 19.8. The van der Waals surface area contributed by atoms with Crippen molar-refractivity contribution >= 4 is 22.6 Å². The Bertz CT molecular complexity index is 1020. The summed E-state index contributed by atoms with van der Waals surface area (Å²) < 4.78 is 2.35. The highest BCUT2D eigenvalue weighted by molar-refractivity contribution is 5.97. The van der Waals surface area contributed by atoms with Crippen molar-refractivity contribution < 1.29 is 4.79 Å². The van der Waals surface area contributed by atoms with Gasteiger partial charge in [-0.25, -0.2) is 4.98 Å². The Morgan fingerprint density at radius 1 is 1.14 bits per heavy atom. The first kappa shape index (κ1) is 18.7. The van der Waals surface area contributed by atoms with Crippen molar-refractivity contribution in [2.45, 2.75) is 53.0 Å². The van der Waals surface area contributed by atoms with Gasteiger partial charge in [-0.3, -0.25) is 4.79 Å². The number of carbonyl (C=O) groups excluding carboxylic acids is 1. The summed E-state index contributed by atoms with van der Waals surface area (Å²) in [6.07, 6.45) is 1.63. The number of carbonyl (C=O) groups is 1. The molecular formula is C24H29N3O. The molecule has 1 saturated heterocycles. The monoisotopic (exact) mass is 375 g/mol. The van der Waals surface area contributed by atoms with Gasteiger partial charge in [-0.05, 0) is 49.9 Å². The summed E-state index contributed by atoms with van der Waals surface area (Å²) in [6, 6.07) is 14.6. The third kappa shape index (κ3) is 3.44. The molecule has 146 valence electrons. The van der Waals surface area contributed by atoms with Crippen LogP contribution in [0.25, 0.3) is 11.0 Å². The summed E-state index contributed by atoms with van der Waals surface area (Å²) in [5.41, 5.74) is 5.61. The summed E-state index contributed by atoms with van der Waals surface area (Å²) in [6.45, 7) is 10.3. The molecule has 2 heterocycles. The number of hydrogen-bond donors (Lipinski definition) is 0. The van der Waals surface area contributed by atoms with E-state index in [4.69, 9.17) is 4.98 Å². The number of aryl methyl sites for hydroxylation is 3. The van der Waals surface area contributed by atoms with Gasteiger partial charge in [-0.15, -0.1) is 0 Å². The molecule has 0 saturated carbocycles. The molecule has 0 N–H and O–H groups in total. The largest absolute Gasteiger partial charge is 0.328 e. The highest BCUT2D eigenvalue weighted by Crippen LogP contribution is 2.35. The maximum Gasteiger partial charge on any atom is 0.227 e. The van der Waals surface area contributed by atoms with Crippen LogP contribution in [0.1, 0.15) is 49.6 Å². The van der Waals surface area contributed by atoms with Crippen LogP contribution in [0.5, 0.6) is 0 Å². The fourth-order valence-electron chi connectivity index (χ4n) is 4.25. The van der Waals surface area contributed by atoms with E-state index in [2.05, 4.69) is 68.7 Å². The molecule has 0 bridgehead atoms. The number of hydrogen-bond acceptors (Lipinski definition) is 2. The first-order valence-electron chi connectivity index (χ1n) is 10.3. The van der Waals surface area contributed by atoms with Crippen molar-refractivity contribution in [1.29, 1.82) is 0 Å². The Kier molecular flexibility index (Phi) is 4.96. The number of amides is 1. The molecule has 0 aliphatic carbocycles. The van der Waals surface area contributed by atoms with Crippen LogP contribution in [-0.4, -0.2) is 22.0 Å². The zero-order chi connectivity index (χ0) is 19.8. The topological polar surface area (TPSA) is 38.1 Å². The molecule has 2 aromatic carbocycles. The summed E-state index contributed by atoms with van der Waals surface area (Å²) in [7, 11) is 0. The minimum atomic E-state index is 0.132. The highest BCUT2D eigenvalue weighted by atomic mass is 16.2. The van der Waals surface area contributed by atoms with Crippen LogP contribution >= 0.6 is 0 Å². The van der Waals surface area contributed by atoms with Gasteiger partial charge in [0.1, 0.15) is 5.82 Å². The number of anilines is 1. The number of fused-ring (bicyclic) bond motifs is 1. The zero-order valence-corrected chi connectivity index (χ0v) is 17.3. The van der Waals surface area contributed by atoms with E-state index < -0.39 is 0 Å². The Balaban J connectivity index is 1.68. The lowest BCUT2D eigenvalue weighted by Crippen LogP contribution is -2.25. The van der Waals surface area contributed by atoms with Crippen LogP contribution < -0.4 is 4.90 Å². The minimum absolute atomic E-state index is 0.132. The van der Waals surface area contributed by atoms with E-state index >= 15 is 0 Å². The Labute approximate surface area is 167 Å². The second-order valence-electron chi connectivity index (χ2n) is 8.49. The van der Waals surface area contributed by atoms with Gasteiger partial charge in [-0.2, -0.15) is 0 Å². The maximum atomic E-state index is 12.9. The Hall–Kier alpha value is -2.62. The Morgan fingerprint density at radius 2 is 1.93 bits per heavy atom. The number of benzene rings is 2. The van der Waals surface area contributed by atoms with E-state index in [1.54, 1.807) is 0 Å². The van der Waals surface area contributed by atoms with Crippen molar-refractivity contribution in [3.8, 4) is 0 Å². The molecule has 3 aromatic rings. The predicted molar refractivity (Wildman–Crippen MR) is 115 cm³/mol. The maximum absolute atomic E-state index is 12.9. The molecule has 0 spiro atoms. The van der Waals surface area contributed by atoms with Gasteiger partial charge in [0.25, 0.3) is 0 Å². The fourth-order valence-corrected chi connectivity index (χ4v) is 4.25. The van der Waals surface area contributed by atoms with Gasteiger partial charge in [0.05, 0.1) is 11.0 Å². The Morgan fingerprint density at radius 3 is 2.68 bits per heavy atom. The number of nitrogens with zero attached hydrogens (tertiary/aromatic N) is 3. The molecule has 4 rings (SSSR count). The molecule has 1 unspecified atom stereocenters. The number of rotatable bonds is 5. The van der Waals surface area contributed by atoms with Gasteiger partial charge in [0.2, 0.25) is 5.91 Å². The second kappa shape index (κ2) is 7.42. The number of para-hydroxylation sites is 2. The van der Waals surface area contributed by atoms with Gasteiger partial charge in [0.15, 0.2) is 0 Å². The zero-order valence-electron chi connectivity index (χ0n) is 17.3. The lowest BCUT2D eigenvalue weighted by Gasteiger charge is -2.20. The third-order valence-electron chi connectivity index (χ3n) is 5.75. The van der Waals surface area contributed by atoms with Crippen LogP contribution in [0.4, 0.5) is 5.69 Å². The lowest BCUT2D eigenvalue weighted by atomic mass is 10.1. The van der Waals surface area contributed by atoms with Crippen molar-refractivity contribution in [2.75, 3.05) is 11.4 Å². The number of aromatic nitrogens is 2. The van der Waals surface area contributed by atoms with E-state index in [0.29, 0.717) is 18.9 Å². The lowest BCUT2D eigenvalue weighted by molar-refractivity contribution is -0.117. The summed E-state index contributed by atoms with van der Waals surface area (Å²) in [5.74, 6) is 2.01. The quantitative estimate of drug-likeness (QED) is 0.613. The van der Waals surface area contributed by atoms with Gasteiger partial charge in [-0.1, -0.05) is 43.7 Å². The average Bonchev–Trinajstić information content (AvgIpc) is 3.20.